The van der Waals surface area contributed by atoms with Gasteiger partial charge in [0.2, 0.25) is 5.89 Å². The molecule has 0 spiro atoms. The number of anilines is 1. The summed E-state index contributed by atoms with van der Waals surface area (Å²) in [7, 11) is 0. The molecule has 17 heavy (non-hydrogen) atoms. The monoisotopic (exact) mass is 228 g/mol. The van der Waals surface area contributed by atoms with Crippen molar-refractivity contribution in [2.75, 3.05) is 5.73 Å². The zero-order valence-electron chi connectivity index (χ0n) is 9.42. The van der Waals surface area contributed by atoms with Crippen LogP contribution in [0.4, 0.5) is 5.69 Å². The van der Waals surface area contributed by atoms with Gasteiger partial charge in [0.05, 0.1) is 11.9 Å². The van der Waals surface area contributed by atoms with E-state index < -0.39 is 0 Å². The normalized spacial score (nSPS) is 11.1. The Morgan fingerprint density at radius 1 is 1.41 bits per heavy atom. The maximum atomic E-state index is 5.82. The van der Waals surface area contributed by atoms with E-state index in [0.29, 0.717) is 29.2 Å². The Labute approximate surface area is 97.9 Å². The summed E-state index contributed by atoms with van der Waals surface area (Å²) in [6.07, 6.45) is 3.75. The highest BCUT2D eigenvalue weighted by Gasteiger charge is 2.08. The van der Waals surface area contributed by atoms with Gasteiger partial charge in [-0.15, -0.1) is 0 Å². The molecule has 5 heteroatoms. The number of hydrogen-bond acceptors (Lipinski definition) is 4. The minimum atomic E-state index is 0.516. The average Bonchev–Trinajstić information content (AvgIpc) is 2.86. The largest absolute Gasteiger partial charge is 0.439 e. The van der Waals surface area contributed by atoms with Crippen molar-refractivity contribution in [1.29, 1.82) is 0 Å². The number of nitrogens with zero attached hydrogens (tertiary/aromatic N) is 3. The van der Waals surface area contributed by atoms with E-state index in [1.54, 1.807) is 10.9 Å². The van der Waals surface area contributed by atoms with Crippen molar-refractivity contribution in [2.24, 2.45) is 0 Å². The van der Waals surface area contributed by atoms with E-state index >= 15 is 0 Å². The molecular formula is C12H12N4O. The van der Waals surface area contributed by atoms with Gasteiger partial charge in [-0.3, -0.25) is 4.68 Å². The van der Waals surface area contributed by atoms with Gasteiger partial charge in [0.25, 0.3) is 0 Å². The van der Waals surface area contributed by atoms with E-state index in [0.717, 1.165) is 5.56 Å². The maximum absolute atomic E-state index is 5.82. The highest BCUT2D eigenvalue weighted by molar-refractivity contribution is 5.85. The molecule has 2 N–H and O–H groups in total. The third-order valence-electron chi connectivity index (χ3n) is 2.55. The molecule has 0 aliphatic rings. The van der Waals surface area contributed by atoms with Gasteiger partial charge in [-0.25, -0.2) is 4.98 Å². The van der Waals surface area contributed by atoms with Crippen molar-refractivity contribution >= 4 is 16.8 Å². The lowest BCUT2D eigenvalue weighted by molar-refractivity contribution is 0.491. The summed E-state index contributed by atoms with van der Waals surface area (Å²) in [5, 5.41) is 4.19. The van der Waals surface area contributed by atoms with Gasteiger partial charge in [0, 0.05) is 6.20 Å². The van der Waals surface area contributed by atoms with E-state index in [1.165, 1.54) is 0 Å². The average molecular weight is 228 g/mol. The standard InChI is InChI=1S/C12H12N4O/c1-8-5-14-16(6-8)7-11-15-12-9(13)3-2-4-10(12)17-11/h2-6H,7,13H2,1H3. The number of nitrogens with two attached hydrogens (primary N) is 1. The summed E-state index contributed by atoms with van der Waals surface area (Å²) in [5.74, 6) is 0.612. The zero-order chi connectivity index (χ0) is 11.8. The molecule has 5 nitrogen and oxygen atoms in total. The molecule has 0 aliphatic carbocycles. The van der Waals surface area contributed by atoms with Crippen LogP contribution in [0.1, 0.15) is 11.5 Å². The fourth-order valence-corrected chi connectivity index (χ4v) is 1.78. The summed E-state index contributed by atoms with van der Waals surface area (Å²) in [6, 6.07) is 5.52. The van der Waals surface area contributed by atoms with Crippen LogP contribution in [0.2, 0.25) is 0 Å². The number of benzene rings is 1. The van der Waals surface area contributed by atoms with E-state index in [2.05, 4.69) is 10.1 Å². The number of para-hydroxylation sites is 1. The lowest BCUT2D eigenvalue weighted by Crippen LogP contribution is -1.99. The molecule has 0 unspecified atom stereocenters. The quantitative estimate of drug-likeness (QED) is 0.681. The molecule has 1 aromatic carbocycles. The second-order valence-corrected chi connectivity index (χ2v) is 4.02. The van der Waals surface area contributed by atoms with Gasteiger partial charge in [-0.1, -0.05) is 6.07 Å². The molecule has 86 valence electrons. The Morgan fingerprint density at radius 3 is 3.00 bits per heavy atom. The van der Waals surface area contributed by atoms with Crippen molar-refractivity contribution < 1.29 is 4.42 Å². The molecule has 2 aromatic heterocycles. The Morgan fingerprint density at radius 2 is 2.29 bits per heavy atom. The number of nitrogen functional groups attached to an aromatic ring is 1. The van der Waals surface area contributed by atoms with Crippen LogP contribution in [0.5, 0.6) is 0 Å². The SMILES string of the molecule is Cc1cnn(Cc2nc3c(N)cccc3o2)c1. The smallest absolute Gasteiger partial charge is 0.217 e. The summed E-state index contributed by atoms with van der Waals surface area (Å²) in [5.41, 5.74) is 8.99. The van der Waals surface area contributed by atoms with E-state index in [4.69, 9.17) is 10.2 Å². The van der Waals surface area contributed by atoms with Crippen LogP contribution in [-0.2, 0) is 6.54 Å². The molecule has 3 rings (SSSR count). The molecule has 2 heterocycles. The fourth-order valence-electron chi connectivity index (χ4n) is 1.78. The molecule has 0 radical (unpaired) electrons. The number of hydrogen-bond donors (Lipinski definition) is 1. The predicted molar refractivity (Wildman–Crippen MR) is 64.5 cm³/mol. The highest BCUT2D eigenvalue weighted by atomic mass is 16.3. The van der Waals surface area contributed by atoms with Gasteiger partial charge < -0.3 is 10.2 Å². The van der Waals surface area contributed by atoms with Crippen molar-refractivity contribution in [3.8, 4) is 0 Å². The summed E-state index contributed by atoms with van der Waals surface area (Å²) in [6.45, 7) is 2.51. The van der Waals surface area contributed by atoms with E-state index in [1.807, 2.05) is 31.3 Å². The lowest BCUT2D eigenvalue weighted by Gasteiger charge is -1.94. The van der Waals surface area contributed by atoms with Crippen LogP contribution >= 0.6 is 0 Å². The van der Waals surface area contributed by atoms with Crippen molar-refractivity contribution in [3.63, 3.8) is 0 Å². The van der Waals surface area contributed by atoms with Crippen molar-refractivity contribution in [3.05, 3.63) is 42.0 Å². The predicted octanol–water partition coefficient (Wildman–Crippen LogP) is 1.96. The first-order valence-electron chi connectivity index (χ1n) is 5.35. The van der Waals surface area contributed by atoms with E-state index in [-0.39, 0.29) is 0 Å². The highest BCUT2D eigenvalue weighted by Crippen LogP contribution is 2.21. The van der Waals surface area contributed by atoms with Crippen LogP contribution in [0.3, 0.4) is 0 Å². The molecule has 0 bridgehead atoms. The fraction of sp³-hybridized carbons (Fsp3) is 0.167. The molecule has 0 saturated carbocycles. The Balaban J connectivity index is 1.98. The summed E-state index contributed by atoms with van der Waals surface area (Å²) in [4.78, 5) is 4.36. The molecular weight excluding hydrogens is 216 g/mol. The van der Waals surface area contributed by atoms with Crippen LogP contribution in [-0.4, -0.2) is 14.8 Å². The third-order valence-corrected chi connectivity index (χ3v) is 2.55. The lowest BCUT2D eigenvalue weighted by atomic mass is 10.3. The molecule has 0 amide bonds. The van der Waals surface area contributed by atoms with E-state index in [9.17, 15) is 0 Å². The van der Waals surface area contributed by atoms with Gasteiger partial charge >= 0.3 is 0 Å². The third kappa shape index (κ3) is 1.75. The first kappa shape index (κ1) is 9.89. The van der Waals surface area contributed by atoms with Gasteiger partial charge in [0.15, 0.2) is 5.58 Å². The summed E-state index contributed by atoms with van der Waals surface area (Å²) < 4.78 is 7.40. The minimum absolute atomic E-state index is 0.516. The van der Waals surface area contributed by atoms with Crippen LogP contribution in [0.15, 0.2) is 35.0 Å². The first-order valence-corrected chi connectivity index (χ1v) is 5.35. The molecule has 0 fully saturated rings. The number of aryl methyl sites for hydroxylation is 1. The van der Waals surface area contributed by atoms with Crippen LogP contribution < -0.4 is 5.73 Å². The first-order chi connectivity index (χ1) is 8.22. The zero-order valence-corrected chi connectivity index (χ0v) is 9.42. The number of fused-ring (bicyclic) bond motifs is 1. The minimum Gasteiger partial charge on any atom is -0.439 e. The van der Waals surface area contributed by atoms with Gasteiger partial charge in [-0.05, 0) is 24.6 Å². The Kier molecular flexibility index (Phi) is 2.11. The molecule has 0 aliphatic heterocycles. The van der Waals surface area contributed by atoms with Crippen molar-refractivity contribution in [1.82, 2.24) is 14.8 Å². The van der Waals surface area contributed by atoms with Gasteiger partial charge in [0.1, 0.15) is 12.1 Å². The second-order valence-electron chi connectivity index (χ2n) is 4.02. The number of aromatic nitrogens is 3. The topological polar surface area (TPSA) is 69.9 Å². The van der Waals surface area contributed by atoms with Gasteiger partial charge in [-0.2, -0.15) is 5.10 Å². The Bertz CT molecular complexity index is 668. The number of oxazole rings is 1. The Hall–Kier alpha value is -2.30. The van der Waals surface area contributed by atoms with Crippen LogP contribution in [0, 0.1) is 6.92 Å². The molecule has 3 aromatic rings. The summed E-state index contributed by atoms with van der Waals surface area (Å²) >= 11 is 0. The van der Waals surface area contributed by atoms with Crippen LogP contribution in [0.25, 0.3) is 11.1 Å². The number of rotatable bonds is 2. The maximum Gasteiger partial charge on any atom is 0.217 e. The molecule has 0 atom stereocenters. The second kappa shape index (κ2) is 3.62. The molecule has 0 saturated heterocycles. The van der Waals surface area contributed by atoms with Crippen molar-refractivity contribution in [2.45, 2.75) is 13.5 Å².